The third kappa shape index (κ3) is 2.38. The molecule has 0 aromatic heterocycles. The van der Waals surface area contributed by atoms with Crippen LogP contribution in [0.1, 0.15) is 31.5 Å². The molecule has 1 N–H and O–H groups in total. The van der Waals surface area contributed by atoms with Gasteiger partial charge < -0.3 is 4.90 Å². The molecule has 20 heavy (non-hydrogen) atoms. The molecule has 1 aromatic rings. The fourth-order valence-corrected chi connectivity index (χ4v) is 2.63. The minimum Gasteiger partial charge on any atom is -0.321 e. The van der Waals surface area contributed by atoms with Gasteiger partial charge in [0.15, 0.2) is 0 Å². The molecule has 6 nitrogen and oxygen atoms in total. The van der Waals surface area contributed by atoms with Crippen LogP contribution in [0.5, 0.6) is 0 Å². The molecule has 2 unspecified atom stereocenters. The summed E-state index contributed by atoms with van der Waals surface area (Å²) in [6, 6.07) is 6.27. The summed E-state index contributed by atoms with van der Waals surface area (Å²) < 4.78 is 0. The van der Waals surface area contributed by atoms with Crippen molar-refractivity contribution in [3.8, 4) is 0 Å². The third-order valence-corrected chi connectivity index (χ3v) is 3.92. The number of nitro groups is 1. The molecule has 2 fully saturated rings. The molecule has 1 aromatic carbocycles. The molecule has 3 rings (SSSR count). The number of hydrogen-bond acceptors (Lipinski definition) is 4. The summed E-state index contributed by atoms with van der Waals surface area (Å²) in [6.45, 7) is 2.57. The summed E-state index contributed by atoms with van der Waals surface area (Å²) in [5, 5.41) is 14.1. The van der Waals surface area contributed by atoms with Crippen molar-refractivity contribution in [3.05, 3.63) is 39.9 Å². The van der Waals surface area contributed by atoms with Crippen molar-refractivity contribution in [1.29, 1.82) is 0 Å². The first-order valence-electron chi connectivity index (χ1n) is 6.87. The third-order valence-electron chi connectivity index (χ3n) is 3.92. The maximum Gasteiger partial charge on any atom is 0.269 e. The maximum absolute atomic E-state index is 12.2. The standard InChI is InChI=1S/C14H17N3O3/c1-9-14(18)16(8-10-5-6-10)13(15-9)11-3-2-4-12(7-11)17(19)20/h2-4,7,9-10,13,15H,5-6,8H2,1H3. The monoisotopic (exact) mass is 275 g/mol. The predicted molar refractivity (Wildman–Crippen MR) is 72.9 cm³/mol. The molecule has 1 aliphatic heterocycles. The highest BCUT2D eigenvalue weighted by atomic mass is 16.6. The molecule has 106 valence electrons. The maximum atomic E-state index is 12.2. The number of hydrogen-bond donors (Lipinski definition) is 1. The van der Waals surface area contributed by atoms with E-state index in [9.17, 15) is 14.9 Å². The highest BCUT2D eigenvalue weighted by Gasteiger charge is 2.40. The zero-order chi connectivity index (χ0) is 14.3. The molecule has 2 atom stereocenters. The van der Waals surface area contributed by atoms with Gasteiger partial charge in [0.1, 0.15) is 6.17 Å². The Bertz CT molecular complexity index is 556. The first kappa shape index (κ1) is 13.1. The normalized spacial score (nSPS) is 26.1. The van der Waals surface area contributed by atoms with Crippen LogP contribution in [0, 0.1) is 16.0 Å². The average Bonchev–Trinajstić information content (AvgIpc) is 3.21. The minimum atomic E-state index is -0.408. The number of nitrogens with zero attached hydrogens (tertiary/aromatic N) is 2. The Morgan fingerprint density at radius 3 is 2.85 bits per heavy atom. The Labute approximate surface area is 116 Å². The van der Waals surface area contributed by atoms with Crippen LogP contribution in [0.25, 0.3) is 0 Å². The first-order chi connectivity index (χ1) is 9.56. The fraction of sp³-hybridized carbons (Fsp3) is 0.500. The van der Waals surface area contributed by atoms with E-state index in [0.717, 1.165) is 12.1 Å². The minimum absolute atomic E-state index is 0.0580. The topological polar surface area (TPSA) is 75.5 Å². The number of non-ortho nitro benzene ring substituents is 1. The molecule has 1 saturated carbocycles. The van der Waals surface area contributed by atoms with Gasteiger partial charge in [0.25, 0.3) is 5.69 Å². The van der Waals surface area contributed by atoms with Crippen LogP contribution >= 0.6 is 0 Å². The lowest BCUT2D eigenvalue weighted by molar-refractivity contribution is -0.385. The van der Waals surface area contributed by atoms with Gasteiger partial charge in [0, 0.05) is 18.7 Å². The molecule has 0 radical (unpaired) electrons. The second-order valence-corrected chi connectivity index (χ2v) is 5.58. The number of nitro benzene ring substituents is 1. The van der Waals surface area contributed by atoms with Crippen molar-refractivity contribution in [2.75, 3.05) is 6.54 Å². The molecule has 1 amide bonds. The second-order valence-electron chi connectivity index (χ2n) is 5.58. The first-order valence-corrected chi connectivity index (χ1v) is 6.87. The van der Waals surface area contributed by atoms with E-state index in [0.29, 0.717) is 5.92 Å². The lowest BCUT2D eigenvalue weighted by Crippen LogP contribution is -2.32. The summed E-state index contributed by atoms with van der Waals surface area (Å²) in [5.41, 5.74) is 0.834. The molecule has 6 heteroatoms. The van der Waals surface area contributed by atoms with Gasteiger partial charge in [-0.3, -0.25) is 20.2 Å². The Balaban J connectivity index is 1.88. The highest BCUT2D eigenvalue weighted by Crippen LogP contribution is 2.35. The summed E-state index contributed by atoms with van der Waals surface area (Å²) in [5.74, 6) is 0.667. The smallest absolute Gasteiger partial charge is 0.269 e. The Kier molecular flexibility index (Phi) is 3.17. The molecule has 1 aliphatic carbocycles. The van der Waals surface area contributed by atoms with E-state index in [4.69, 9.17) is 0 Å². The number of carbonyl (C=O) groups is 1. The van der Waals surface area contributed by atoms with Crippen LogP contribution in [0.15, 0.2) is 24.3 Å². The lowest BCUT2D eigenvalue weighted by Gasteiger charge is -2.24. The second kappa shape index (κ2) is 4.86. The number of carbonyl (C=O) groups excluding carboxylic acids is 1. The number of rotatable bonds is 4. The van der Waals surface area contributed by atoms with Crippen LogP contribution in [0.2, 0.25) is 0 Å². The van der Waals surface area contributed by atoms with Crippen LogP contribution < -0.4 is 5.32 Å². The van der Waals surface area contributed by atoms with Crippen LogP contribution in [-0.4, -0.2) is 28.3 Å². The molecule has 1 heterocycles. The van der Waals surface area contributed by atoms with Gasteiger partial charge in [-0.15, -0.1) is 0 Å². The van der Waals surface area contributed by atoms with Gasteiger partial charge in [-0.25, -0.2) is 0 Å². The molecule has 0 bridgehead atoms. The van der Waals surface area contributed by atoms with Crippen molar-refractivity contribution >= 4 is 11.6 Å². The van der Waals surface area contributed by atoms with Gasteiger partial charge in [0.2, 0.25) is 5.91 Å². The van der Waals surface area contributed by atoms with Gasteiger partial charge in [-0.2, -0.15) is 0 Å². The van der Waals surface area contributed by atoms with E-state index >= 15 is 0 Å². The number of amides is 1. The van der Waals surface area contributed by atoms with E-state index in [1.165, 1.54) is 18.9 Å². The summed E-state index contributed by atoms with van der Waals surface area (Å²) in [6.07, 6.45) is 2.08. The zero-order valence-corrected chi connectivity index (χ0v) is 11.3. The highest BCUT2D eigenvalue weighted by molar-refractivity contribution is 5.84. The molecule has 2 aliphatic rings. The largest absolute Gasteiger partial charge is 0.321 e. The molecular weight excluding hydrogens is 258 g/mol. The van der Waals surface area contributed by atoms with Crippen molar-refractivity contribution in [2.45, 2.75) is 32.0 Å². The molecular formula is C14H17N3O3. The van der Waals surface area contributed by atoms with Gasteiger partial charge in [0.05, 0.1) is 11.0 Å². The fourth-order valence-electron chi connectivity index (χ4n) is 2.63. The number of nitrogens with one attached hydrogen (secondary N) is 1. The SMILES string of the molecule is CC1NC(c2cccc([N+](=O)[O-])c2)N(CC2CC2)C1=O. The molecule has 0 spiro atoms. The summed E-state index contributed by atoms with van der Waals surface area (Å²) in [4.78, 5) is 24.5. The summed E-state index contributed by atoms with van der Waals surface area (Å²) in [7, 11) is 0. The average molecular weight is 275 g/mol. The van der Waals surface area contributed by atoms with E-state index in [1.807, 2.05) is 17.9 Å². The van der Waals surface area contributed by atoms with Crippen molar-refractivity contribution in [1.82, 2.24) is 10.2 Å². The van der Waals surface area contributed by atoms with E-state index in [2.05, 4.69) is 5.32 Å². The van der Waals surface area contributed by atoms with Gasteiger partial charge in [-0.1, -0.05) is 12.1 Å². The Morgan fingerprint density at radius 2 is 2.20 bits per heavy atom. The number of benzene rings is 1. The van der Waals surface area contributed by atoms with Crippen molar-refractivity contribution in [2.24, 2.45) is 5.92 Å². The summed E-state index contributed by atoms with van der Waals surface area (Å²) >= 11 is 0. The van der Waals surface area contributed by atoms with Crippen molar-refractivity contribution < 1.29 is 9.72 Å². The predicted octanol–water partition coefficient (Wildman–Crippen LogP) is 1.82. The van der Waals surface area contributed by atoms with Crippen LogP contribution in [0.3, 0.4) is 0 Å². The lowest BCUT2D eigenvalue weighted by atomic mass is 10.1. The van der Waals surface area contributed by atoms with E-state index < -0.39 is 4.92 Å². The molecule has 1 saturated heterocycles. The van der Waals surface area contributed by atoms with Crippen LogP contribution in [-0.2, 0) is 4.79 Å². The van der Waals surface area contributed by atoms with E-state index in [1.54, 1.807) is 12.1 Å². The van der Waals surface area contributed by atoms with Crippen LogP contribution in [0.4, 0.5) is 5.69 Å². The quantitative estimate of drug-likeness (QED) is 0.672. The van der Waals surface area contributed by atoms with Gasteiger partial charge >= 0.3 is 0 Å². The zero-order valence-electron chi connectivity index (χ0n) is 11.3. The Hall–Kier alpha value is -1.95. The van der Waals surface area contributed by atoms with Gasteiger partial charge in [-0.05, 0) is 31.2 Å². The van der Waals surface area contributed by atoms with Crippen molar-refractivity contribution in [3.63, 3.8) is 0 Å². The van der Waals surface area contributed by atoms with E-state index in [-0.39, 0.29) is 23.8 Å². The Morgan fingerprint density at radius 1 is 1.45 bits per heavy atom.